The van der Waals surface area contributed by atoms with Crippen LogP contribution in [0.5, 0.6) is 0 Å². The van der Waals surface area contributed by atoms with E-state index in [0.717, 1.165) is 0 Å². The van der Waals surface area contributed by atoms with Gasteiger partial charge >= 0.3 is 0 Å². The zero-order chi connectivity index (χ0) is 13.3. The van der Waals surface area contributed by atoms with Crippen LogP contribution in [0, 0.1) is 17.5 Å². The van der Waals surface area contributed by atoms with E-state index < -0.39 is 23.1 Å². The number of hydrogen-bond acceptors (Lipinski definition) is 2. The Hall–Kier alpha value is -1.88. The molecule has 0 amide bonds. The maximum Gasteiger partial charge on any atom is 0.152 e. The van der Waals surface area contributed by atoms with Gasteiger partial charge in [-0.3, -0.25) is 0 Å². The number of benzene rings is 2. The molecule has 18 heavy (non-hydrogen) atoms. The van der Waals surface area contributed by atoms with Crippen molar-refractivity contribution in [1.82, 2.24) is 0 Å². The third-order valence-electron chi connectivity index (χ3n) is 2.26. The molecule has 0 radical (unpaired) electrons. The van der Waals surface area contributed by atoms with E-state index >= 15 is 0 Å². The summed E-state index contributed by atoms with van der Waals surface area (Å²) in [6.45, 7) is 0. The summed E-state index contributed by atoms with van der Waals surface area (Å²) in [7, 11) is 0. The molecule has 0 saturated carbocycles. The molecule has 0 fully saturated rings. The van der Waals surface area contributed by atoms with Crippen molar-refractivity contribution in [3.63, 3.8) is 0 Å². The highest BCUT2D eigenvalue weighted by molar-refractivity contribution is 6.33. The van der Waals surface area contributed by atoms with Gasteiger partial charge in [-0.25, -0.2) is 13.2 Å². The Labute approximate surface area is 106 Å². The highest BCUT2D eigenvalue weighted by Gasteiger charge is 2.12. The number of halogens is 4. The Balaban J connectivity index is 2.40. The van der Waals surface area contributed by atoms with Crippen LogP contribution >= 0.6 is 11.6 Å². The second-order valence-corrected chi connectivity index (χ2v) is 4.02. The van der Waals surface area contributed by atoms with Crippen molar-refractivity contribution in [3.05, 3.63) is 52.8 Å². The molecule has 0 aliphatic carbocycles. The van der Waals surface area contributed by atoms with Gasteiger partial charge in [-0.15, -0.1) is 0 Å². The van der Waals surface area contributed by atoms with E-state index in [1.54, 1.807) is 0 Å². The van der Waals surface area contributed by atoms with E-state index in [4.69, 9.17) is 17.3 Å². The largest absolute Gasteiger partial charge is 0.399 e. The van der Waals surface area contributed by atoms with E-state index in [1.165, 1.54) is 18.2 Å². The minimum absolute atomic E-state index is 0.207. The van der Waals surface area contributed by atoms with Crippen LogP contribution in [0.4, 0.5) is 30.2 Å². The lowest BCUT2D eigenvalue weighted by Gasteiger charge is -2.10. The van der Waals surface area contributed by atoms with Gasteiger partial charge in [-0.05, 0) is 18.2 Å². The average molecular weight is 273 g/mol. The van der Waals surface area contributed by atoms with Gasteiger partial charge in [-0.2, -0.15) is 0 Å². The Kier molecular flexibility index (Phi) is 3.34. The fourth-order valence-electron chi connectivity index (χ4n) is 1.43. The second-order valence-electron chi connectivity index (χ2n) is 3.61. The van der Waals surface area contributed by atoms with Crippen molar-refractivity contribution < 1.29 is 13.2 Å². The average Bonchev–Trinajstić information content (AvgIpc) is 2.25. The molecular formula is C12H8ClF3N2. The van der Waals surface area contributed by atoms with Crippen LogP contribution in [0.1, 0.15) is 0 Å². The quantitative estimate of drug-likeness (QED) is 0.808. The molecule has 6 heteroatoms. The normalized spacial score (nSPS) is 10.4. The zero-order valence-electron chi connectivity index (χ0n) is 8.98. The number of rotatable bonds is 2. The number of nitrogens with one attached hydrogen (secondary N) is 1. The molecule has 0 aromatic heterocycles. The van der Waals surface area contributed by atoms with Gasteiger partial charge in [0.2, 0.25) is 0 Å². The van der Waals surface area contributed by atoms with Crippen LogP contribution < -0.4 is 11.1 Å². The summed E-state index contributed by atoms with van der Waals surface area (Å²) in [6.07, 6.45) is 0. The molecule has 2 rings (SSSR count). The highest BCUT2D eigenvalue weighted by atomic mass is 35.5. The molecule has 0 aliphatic rings. The number of anilines is 3. The summed E-state index contributed by atoms with van der Waals surface area (Å²) >= 11 is 5.85. The maximum atomic E-state index is 13.4. The van der Waals surface area contributed by atoms with E-state index in [1.807, 2.05) is 0 Å². The lowest BCUT2D eigenvalue weighted by Crippen LogP contribution is -1.99. The Morgan fingerprint density at radius 3 is 2.17 bits per heavy atom. The molecule has 2 aromatic carbocycles. The monoisotopic (exact) mass is 272 g/mol. The zero-order valence-corrected chi connectivity index (χ0v) is 9.73. The maximum absolute atomic E-state index is 13.4. The third-order valence-corrected chi connectivity index (χ3v) is 2.57. The molecule has 0 bridgehead atoms. The number of nitrogens with two attached hydrogens (primary N) is 1. The molecule has 0 aliphatic heterocycles. The fraction of sp³-hybridized carbons (Fsp3) is 0. The van der Waals surface area contributed by atoms with Crippen LogP contribution in [-0.2, 0) is 0 Å². The highest BCUT2D eigenvalue weighted by Crippen LogP contribution is 2.30. The van der Waals surface area contributed by atoms with Gasteiger partial charge in [0, 0.05) is 17.8 Å². The molecular weight excluding hydrogens is 265 g/mol. The van der Waals surface area contributed by atoms with Crippen LogP contribution in [-0.4, -0.2) is 0 Å². The lowest BCUT2D eigenvalue weighted by atomic mass is 10.2. The predicted molar refractivity (Wildman–Crippen MR) is 65.5 cm³/mol. The van der Waals surface area contributed by atoms with Crippen molar-refractivity contribution in [2.24, 2.45) is 0 Å². The van der Waals surface area contributed by atoms with Crippen molar-refractivity contribution >= 4 is 28.7 Å². The van der Waals surface area contributed by atoms with Crippen molar-refractivity contribution in [3.8, 4) is 0 Å². The minimum Gasteiger partial charge on any atom is -0.399 e. The Bertz CT molecular complexity index is 579. The first-order valence-electron chi connectivity index (χ1n) is 4.94. The summed E-state index contributed by atoms with van der Waals surface area (Å²) in [5, 5.41) is 2.67. The van der Waals surface area contributed by atoms with Crippen molar-refractivity contribution in [2.45, 2.75) is 0 Å². The summed E-state index contributed by atoms with van der Waals surface area (Å²) in [4.78, 5) is 0. The van der Waals surface area contributed by atoms with Gasteiger partial charge in [0.25, 0.3) is 0 Å². The third kappa shape index (κ3) is 2.51. The van der Waals surface area contributed by atoms with Crippen molar-refractivity contribution in [1.29, 1.82) is 0 Å². The van der Waals surface area contributed by atoms with Gasteiger partial charge in [-0.1, -0.05) is 11.6 Å². The van der Waals surface area contributed by atoms with E-state index in [2.05, 4.69) is 5.32 Å². The SMILES string of the molecule is Nc1ccc(Nc2c(F)cc(F)cc2F)c(Cl)c1. The fourth-order valence-corrected chi connectivity index (χ4v) is 1.67. The standard InChI is InChI=1S/C12H8ClF3N2/c13-8-5-7(17)1-2-11(8)18-12-9(15)3-6(14)4-10(12)16/h1-5,18H,17H2. The summed E-state index contributed by atoms with van der Waals surface area (Å²) < 4.78 is 39.5. The van der Waals surface area contributed by atoms with Gasteiger partial charge in [0.1, 0.15) is 11.5 Å². The first-order valence-corrected chi connectivity index (χ1v) is 5.32. The predicted octanol–water partition coefficient (Wildman–Crippen LogP) is 4.08. The molecule has 0 heterocycles. The van der Waals surface area contributed by atoms with Crippen molar-refractivity contribution in [2.75, 3.05) is 11.1 Å². The molecule has 0 saturated heterocycles. The van der Waals surface area contributed by atoms with Gasteiger partial charge < -0.3 is 11.1 Å². The smallest absolute Gasteiger partial charge is 0.152 e. The van der Waals surface area contributed by atoms with E-state index in [9.17, 15) is 13.2 Å². The molecule has 0 atom stereocenters. The first-order chi connectivity index (χ1) is 8.47. The second kappa shape index (κ2) is 4.78. The molecule has 94 valence electrons. The summed E-state index contributed by atoms with van der Waals surface area (Å²) in [5.41, 5.74) is 5.72. The minimum atomic E-state index is -1.04. The van der Waals surface area contributed by atoms with E-state index in [-0.39, 0.29) is 10.7 Å². The molecule has 3 N–H and O–H groups in total. The van der Waals surface area contributed by atoms with Gasteiger partial charge in [0.05, 0.1) is 10.7 Å². The topological polar surface area (TPSA) is 38.0 Å². The van der Waals surface area contributed by atoms with Gasteiger partial charge in [0.15, 0.2) is 11.6 Å². The Morgan fingerprint density at radius 1 is 1.00 bits per heavy atom. The summed E-state index contributed by atoms with van der Waals surface area (Å²) in [5.74, 6) is -3.07. The summed E-state index contributed by atoms with van der Waals surface area (Å²) in [6, 6.07) is 5.59. The number of nitrogen functional groups attached to an aromatic ring is 1. The molecule has 2 nitrogen and oxygen atoms in total. The molecule has 0 spiro atoms. The Morgan fingerprint density at radius 2 is 1.61 bits per heavy atom. The lowest BCUT2D eigenvalue weighted by molar-refractivity contribution is 0.549. The van der Waals surface area contributed by atoms with Crippen LogP contribution in [0.3, 0.4) is 0 Å². The number of hydrogen-bond donors (Lipinski definition) is 2. The van der Waals surface area contributed by atoms with Crippen LogP contribution in [0.25, 0.3) is 0 Å². The molecule has 2 aromatic rings. The van der Waals surface area contributed by atoms with Crippen LogP contribution in [0.2, 0.25) is 5.02 Å². The van der Waals surface area contributed by atoms with Crippen LogP contribution in [0.15, 0.2) is 30.3 Å². The molecule has 0 unspecified atom stereocenters. The van der Waals surface area contributed by atoms with E-state index in [0.29, 0.717) is 17.8 Å². The first kappa shape index (κ1) is 12.6.